The van der Waals surface area contributed by atoms with Gasteiger partial charge < -0.3 is 9.84 Å². The van der Waals surface area contributed by atoms with Crippen molar-refractivity contribution in [3.05, 3.63) is 35.9 Å². The number of hydrogen-bond donors (Lipinski definition) is 1. The number of esters is 1. The first-order chi connectivity index (χ1) is 8.07. The van der Waals surface area contributed by atoms with Crippen LogP contribution in [-0.4, -0.2) is 29.4 Å². The Morgan fingerprint density at radius 2 is 1.82 bits per heavy atom. The summed E-state index contributed by atoms with van der Waals surface area (Å²) in [4.78, 5) is 33.7. The molecule has 0 aliphatic carbocycles. The summed E-state index contributed by atoms with van der Waals surface area (Å²) in [5, 5.41) is 8.67. The molecule has 0 saturated carbocycles. The van der Waals surface area contributed by atoms with Gasteiger partial charge in [-0.25, -0.2) is 4.79 Å². The first kappa shape index (κ1) is 12.9. The molecule has 5 heteroatoms. The number of carbonyl (C=O) groups excluding carboxylic acids is 2. The highest BCUT2D eigenvalue weighted by Crippen LogP contribution is 2.18. The normalized spacial score (nSPS) is 11.6. The summed E-state index contributed by atoms with van der Waals surface area (Å²) in [6.07, 6.45) is 0. The van der Waals surface area contributed by atoms with Crippen LogP contribution in [0.25, 0.3) is 0 Å². The molecule has 0 aliphatic heterocycles. The number of rotatable bonds is 5. The van der Waals surface area contributed by atoms with Gasteiger partial charge in [-0.3, -0.25) is 9.59 Å². The molecule has 1 N–H and O–H groups in total. The Kier molecular flexibility index (Phi) is 4.39. The molecule has 1 atom stereocenters. The highest BCUT2D eigenvalue weighted by Gasteiger charge is 2.34. The van der Waals surface area contributed by atoms with E-state index in [1.165, 1.54) is 12.1 Å². The van der Waals surface area contributed by atoms with Crippen LogP contribution in [0.3, 0.4) is 0 Å². The average Bonchev–Trinajstić information content (AvgIpc) is 2.31. The van der Waals surface area contributed by atoms with E-state index in [2.05, 4.69) is 0 Å². The third-order valence-corrected chi connectivity index (χ3v) is 2.13. The van der Waals surface area contributed by atoms with E-state index in [1.807, 2.05) is 0 Å². The van der Waals surface area contributed by atoms with Gasteiger partial charge in [0.05, 0.1) is 6.61 Å². The number of aliphatic carboxylic acids is 1. The Balaban J connectivity index is 3.07. The van der Waals surface area contributed by atoms with Gasteiger partial charge in [-0.15, -0.1) is 0 Å². The van der Waals surface area contributed by atoms with Crippen molar-refractivity contribution in [3.63, 3.8) is 0 Å². The van der Waals surface area contributed by atoms with Crippen molar-refractivity contribution in [3.8, 4) is 0 Å². The van der Waals surface area contributed by atoms with Gasteiger partial charge in [0.25, 0.3) is 5.78 Å². The maximum absolute atomic E-state index is 11.6. The zero-order chi connectivity index (χ0) is 12.8. The van der Waals surface area contributed by atoms with Crippen LogP contribution in [0, 0.1) is 0 Å². The van der Waals surface area contributed by atoms with Gasteiger partial charge in [-0.05, 0) is 12.5 Å². The maximum Gasteiger partial charge on any atom is 0.373 e. The average molecular weight is 236 g/mol. The topological polar surface area (TPSA) is 80.7 Å². The van der Waals surface area contributed by atoms with E-state index in [0.717, 1.165) is 0 Å². The van der Waals surface area contributed by atoms with Gasteiger partial charge in [-0.1, -0.05) is 30.3 Å². The molecule has 0 aromatic heterocycles. The Hall–Kier alpha value is -2.17. The molecular formula is C12H12O5. The van der Waals surface area contributed by atoms with Crippen LogP contribution in [0.2, 0.25) is 0 Å². The van der Waals surface area contributed by atoms with E-state index in [9.17, 15) is 14.4 Å². The van der Waals surface area contributed by atoms with Crippen LogP contribution in [0.5, 0.6) is 0 Å². The van der Waals surface area contributed by atoms with Gasteiger partial charge in [0.2, 0.25) is 0 Å². The molecule has 0 radical (unpaired) electrons. The lowest BCUT2D eigenvalue weighted by molar-refractivity contribution is -0.156. The van der Waals surface area contributed by atoms with E-state index in [-0.39, 0.29) is 6.61 Å². The van der Waals surface area contributed by atoms with Gasteiger partial charge in [0.15, 0.2) is 5.92 Å². The number of benzene rings is 1. The molecule has 0 aliphatic rings. The Morgan fingerprint density at radius 1 is 1.24 bits per heavy atom. The van der Waals surface area contributed by atoms with E-state index >= 15 is 0 Å². The smallest absolute Gasteiger partial charge is 0.373 e. The van der Waals surface area contributed by atoms with Crippen LogP contribution < -0.4 is 0 Å². The number of hydrogen-bond acceptors (Lipinski definition) is 4. The maximum atomic E-state index is 11.6. The van der Waals surface area contributed by atoms with Gasteiger partial charge >= 0.3 is 11.9 Å². The zero-order valence-corrected chi connectivity index (χ0v) is 9.25. The molecular weight excluding hydrogens is 224 g/mol. The highest BCUT2D eigenvalue weighted by molar-refractivity contribution is 6.39. The Labute approximate surface area is 98.0 Å². The predicted molar refractivity (Wildman–Crippen MR) is 58.5 cm³/mol. The summed E-state index contributed by atoms with van der Waals surface area (Å²) in [5.41, 5.74) is 0.318. The van der Waals surface area contributed by atoms with Crippen LogP contribution in [-0.2, 0) is 19.1 Å². The summed E-state index contributed by atoms with van der Waals surface area (Å²) in [6, 6.07) is 7.98. The van der Waals surface area contributed by atoms with Crippen molar-refractivity contribution >= 4 is 17.7 Å². The lowest BCUT2D eigenvalue weighted by Gasteiger charge is -2.12. The molecule has 5 nitrogen and oxygen atoms in total. The van der Waals surface area contributed by atoms with Crippen molar-refractivity contribution in [1.82, 2.24) is 0 Å². The van der Waals surface area contributed by atoms with Gasteiger partial charge in [0.1, 0.15) is 0 Å². The first-order valence-electron chi connectivity index (χ1n) is 5.06. The molecule has 90 valence electrons. The molecule has 1 rings (SSSR count). The monoisotopic (exact) mass is 236 g/mol. The van der Waals surface area contributed by atoms with Gasteiger partial charge in [0, 0.05) is 0 Å². The fraction of sp³-hybridized carbons (Fsp3) is 0.250. The molecule has 0 spiro atoms. The largest absolute Gasteiger partial charge is 0.475 e. The Bertz CT molecular complexity index is 424. The lowest BCUT2D eigenvalue weighted by atomic mass is 9.95. The molecule has 0 amide bonds. The van der Waals surface area contributed by atoms with Gasteiger partial charge in [-0.2, -0.15) is 0 Å². The Morgan fingerprint density at radius 3 is 2.29 bits per heavy atom. The summed E-state index contributed by atoms with van der Waals surface area (Å²) in [6.45, 7) is 1.68. The quantitative estimate of drug-likeness (QED) is 0.468. The van der Waals surface area contributed by atoms with Crippen molar-refractivity contribution in [2.45, 2.75) is 12.8 Å². The number of carboxylic acid groups (broad SMARTS) is 1. The van der Waals surface area contributed by atoms with E-state index in [1.54, 1.807) is 25.1 Å². The predicted octanol–water partition coefficient (Wildman–Crippen LogP) is 0.987. The minimum Gasteiger partial charge on any atom is -0.475 e. The van der Waals surface area contributed by atoms with Crippen LogP contribution >= 0.6 is 0 Å². The number of carbonyl (C=O) groups is 3. The standard InChI is InChI=1S/C12H12O5/c1-2-17-12(16)9(10(13)11(14)15)8-6-4-3-5-7-8/h3-7,9H,2H2,1H3,(H,14,15). The highest BCUT2D eigenvalue weighted by atomic mass is 16.5. The first-order valence-corrected chi connectivity index (χ1v) is 5.06. The van der Waals surface area contributed by atoms with E-state index in [0.29, 0.717) is 5.56 Å². The summed E-state index contributed by atoms with van der Waals surface area (Å²) >= 11 is 0. The van der Waals surface area contributed by atoms with Crippen molar-refractivity contribution in [2.75, 3.05) is 6.61 Å². The molecule has 1 unspecified atom stereocenters. The second-order valence-electron chi connectivity index (χ2n) is 3.27. The molecule has 0 heterocycles. The molecule has 1 aromatic rings. The minimum absolute atomic E-state index is 0.0923. The fourth-order valence-electron chi connectivity index (χ4n) is 1.39. The molecule has 1 aromatic carbocycles. The van der Waals surface area contributed by atoms with Crippen molar-refractivity contribution in [1.29, 1.82) is 0 Å². The third kappa shape index (κ3) is 3.14. The van der Waals surface area contributed by atoms with Crippen molar-refractivity contribution in [2.24, 2.45) is 0 Å². The van der Waals surface area contributed by atoms with Crippen LogP contribution in [0.15, 0.2) is 30.3 Å². The van der Waals surface area contributed by atoms with Crippen LogP contribution in [0.4, 0.5) is 0 Å². The number of carboxylic acids is 1. The number of ketones is 1. The molecule has 17 heavy (non-hydrogen) atoms. The van der Waals surface area contributed by atoms with E-state index in [4.69, 9.17) is 9.84 Å². The SMILES string of the molecule is CCOC(=O)C(C(=O)C(=O)O)c1ccccc1. The molecule has 0 fully saturated rings. The second kappa shape index (κ2) is 5.79. The third-order valence-electron chi connectivity index (χ3n) is 2.13. The number of ether oxygens (including phenoxy) is 1. The summed E-state index contributed by atoms with van der Waals surface area (Å²) in [7, 11) is 0. The molecule has 0 saturated heterocycles. The lowest BCUT2D eigenvalue weighted by Crippen LogP contribution is -2.29. The number of Topliss-reactive ketones (excluding diaryl/α,β-unsaturated/α-hetero) is 1. The van der Waals surface area contributed by atoms with Crippen LogP contribution in [0.1, 0.15) is 18.4 Å². The van der Waals surface area contributed by atoms with E-state index < -0.39 is 23.6 Å². The summed E-state index contributed by atoms with van der Waals surface area (Å²) in [5.74, 6) is -5.07. The molecule has 0 bridgehead atoms. The zero-order valence-electron chi connectivity index (χ0n) is 9.25. The van der Waals surface area contributed by atoms with Crippen molar-refractivity contribution < 1.29 is 24.2 Å². The second-order valence-corrected chi connectivity index (χ2v) is 3.27. The minimum atomic E-state index is -1.65. The fourth-order valence-corrected chi connectivity index (χ4v) is 1.39. The summed E-state index contributed by atoms with van der Waals surface area (Å²) < 4.78 is 4.71.